The third kappa shape index (κ3) is 2.61. The molecule has 7 heteroatoms. The second-order valence-corrected chi connectivity index (χ2v) is 5.42. The van der Waals surface area contributed by atoms with Gasteiger partial charge in [-0.15, -0.1) is 11.3 Å². The van der Waals surface area contributed by atoms with Crippen LogP contribution < -0.4 is 5.32 Å². The summed E-state index contributed by atoms with van der Waals surface area (Å²) in [5.74, 6) is -0.551. The van der Waals surface area contributed by atoms with E-state index in [2.05, 4.69) is 15.3 Å². The highest BCUT2D eigenvalue weighted by Crippen LogP contribution is 2.26. The second-order valence-electron chi connectivity index (χ2n) is 3.95. The SMILES string of the molecule is O=C(Nc1nccc(Cl)n1)c1cc2ccc(F)cc2s1. The standard InChI is InChI=1S/C13H7ClFN3OS/c14-11-3-4-16-13(17-11)18-12(19)10-5-7-1-2-8(15)6-9(7)20-10/h1-6H,(H,16,17,18,19). The molecule has 0 unspecified atom stereocenters. The van der Waals surface area contributed by atoms with Gasteiger partial charge < -0.3 is 0 Å². The van der Waals surface area contributed by atoms with Crippen LogP contribution in [0, 0.1) is 5.82 Å². The van der Waals surface area contributed by atoms with Gasteiger partial charge in [-0.3, -0.25) is 10.1 Å². The number of nitrogens with zero attached hydrogens (tertiary/aromatic N) is 2. The number of aromatic nitrogens is 2. The van der Waals surface area contributed by atoms with Crippen molar-refractivity contribution in [2.45, 2.75) is 0 Å². The molecule has 20 heavy (non-hydrogen) atoms. The maximum absolute atomic E-state index is 13.1. The van der Waals surface area contributed by atoms with E-state index in [0.717, 1.165) is 5.39 Å². The molecule has 4 nitrogen and oxygen atoms in total. The summed E-state index contributed by atoms with van der Waals surface area (Å²) in [5.41, 5.74) is 0. The predicted molar refractivity (Wildman–Crippen MR) is 76.8 cm³/mol. The van der Waals surface area contributed by atoms with Crippen molar-refractivity contribution in [2.24, 2.45) is 0 Å². The summed E-state index contributed by atoms with van der Waals surface area (Å²) in [7, 11) is 0. The van der Waals surface area contributed by atoms with Gasteiger partial charge >= 0.3 is 0 Å². The quantitative estimate of drug-likeness (QED) is 0.734. The lowest BCUT2D eigenvalue weighted by molar-refractivity contribution is 0.102. The van der Waals surface area contributed by atoms with Gasteiger partial charge in [-0.05, 0) is 29.7 Å². The monoisotopic (exact) mass is 307 g/mol. The topological polar surface area (TPSA) is 54.9 Å². The first-order chi connectivity index (χ1) is 9.61. The van der Waals surface area contributed by atoms with Gasteiger partial charge in [-0.25, -0.2) is 14.4 Å². The Morgan fingerprint density at radius 1 is 1.30 bits per heavy atom. The fourth-order valence-corrected chi connectivity index (χ4v) is 2.80. The van der Waals surface area contributed by atoms with E-state index in [0.29, 0.717) is 9.58 Å². The molecule has 100 valence electrons. The fraction of sp³-hybridized carbons (Fsp3) is 0. The maximum atomic E-state index is 13.1. The molecule has 0 saturated heterocycles. The summed E-state index contributed by atoms with van der Waals surface area (Å²) in [5, 5.41) is 3.60. The van der Waals surface area contributed by atoms with Gasteiger partial charge in [-0.2, -0.15) is 0 Å². The number of fused-ring (bicyclic) bond motifs is 1. The molecule has 0 aliphatic heterocycles. The third-order valence-corrected chi connectivity index (χ3v) is 3.86. The van der Waals surface area contributed by atoms with Crippen molar-refractivity contribution in [3.63, 3.8) is 0 Å². The Balaban J connectivity index is 1.88. The number of thiophene rings is 1. The van der Waals surface area contributed by atoms with Crippen LogP contribution in [0.25, 0.3) is 10.1 Å². The Morgan fingerprint density at radius 2 is 2.15 bits per heavy atom. The second kappa shape index (κ2) is 5.15. The van der Waals surface area contributed by atoms with Crippen LogP contribution in [0.5, 0.6) is 0 Å². The number of halogens is 2. The van der Waals surface area contributed by atoms with Gasteiger partial charge in [0.05, 0.1) is 4.88 Å². The van der Waals surface area contributed by atoms with Crippen molar-refractivity contribution in [1.29, 1.82) is 0 Å². The summed E-state index contributed by atoms with van der Waals surface area (Å²) in [6.45, 7) is 0. The van der Waals surface area contributed by atoms with Crippen molar-refractivity contribution >= 4 is 44.9 Å². The largest absolute Gasteiger partial charge is 0.290 e. The molecular formula is C13H7ClFN3OS. The smallest absolute Gasteiger partial charge is 0.268 e. The number of hydrogen-bond donors (Lipinski definition) is 1. The molecule has 1 aromatic carbocycles. The van der Waals surface area contributed by atoms with Gasteiger partial charge in [0.1, 0.15) is 11.0 Å². The Kier molecular flexibility index (Phi) is 3.33. The molecular weight excluding hydrogens is 301 g/mol. The van der Waals surface area contributed by atoms with E-state index >= 15 is 0 Å². The zero-order chi connectivity index (χ0) is 14.1. The molecule has 0 atom stereocenters. The van der Waals surface area contributed by atoms with E-state index in [1.165, 1.54) is 35.7 Å². The Bertz CT molecular complexity index is 805. The first kappa shape index (κ1) is 13.0. The summed E-state index contributed by atoms with van der Waals surface area (Å²) in [4.78, 5) is 20.3. The van der Waals surface area contributed by atoms with Crippen LogP contribution in [0.15, 0.2) is 36.5 Å². The molecule has 2 heterocycles. The number of carbonyl (C=O) groups excluding carboxylic acids is 1. The van der Waals surface area contributed by atoms with Crippen molar-refractivity contribution in [3.8, 4) is 0 Å². The minimum absolute atomic E-state index is 0.131. The fourth-order valence-electron chi connectivity index (χ4n) is 1.68. The number of hydrogen-bond acceptors (Lipinski definition) is 4. The lowest BCUT2D eigenvalue weighted by Gasteiger charge is -2.00. The lowest BCUT2D eigenvalue weighted by Crippen LogP contribution is -2.12. The molecule has 0 spiro atoms. The normalized spacial score (nSPS) is 10.7. The van der Waals surface area contributed by atoms with Crippen molar-refractivity contribution in [3.05, 3.63) is 52.4 Å². The number of carbonyl (C=O) groups is 1. The first-order valence-electron chi connectivity index (χ1n) is 5.61. The highest BCUT2D eigenvalue weighted by Gasteiger charge is 2.12. The Hall–Kier alpha value is -2.05. The van der Waals surface area contributed by atoms with Crippen LogP contribution >= 0.6 is 22.9 Å². The molecule has 0 fully saturated rings. The molecule has 1 N–H and O–H groups in total. The third-order valence-electron chi connectivity index (χ3n) is 2.55. The summed E-state index contributed by atoms with van der Waals surface area (Å²) in [6, 6.07) is 7.59. The van der Waals surface area contributed by atoms with E-state index in [1.54, 1.807) is 12.1 Å². The molecule has 3 rings (SSSR count). The van der Waals surface area contributed by atoms with Crippen LogP contribution in [-0.4, -0.2) is 15.9 Å². The van der Waals surface area contributed by atoms with Crippen LogP contribution in [0.3, 0.4) is 0 Å². The van der Waals surface area contributed by atoms with E-state index in [9.17, 15) is 9.18 Å². The molecule has 3 aromatic rings. The van der Waals surface area contributed by atoms with Crippen molar-refractivity contribution < 1.29 is 9.18 Å². The number of rotatable bonds is 2. The van der Waals surface area contributed by atoms with E-state index in [1.807, 2.05) is 0 Å². The summed E-state index contributed by atoms with van der Waals surface area (Å²) < 4.78 is 13.8. The molecule has 0 radical (unpaired) electrons. The maximum Gasteiger partial charge on any atom is 0.268 e. The van der Waals surface area contributed by atoms with Gasteiger partial charge in [0.25, 0.3) is 5.91 Å². The minimum atomic E-state index is -0.353. The minimum Gasteiger partial charge on any atom is -0.290 e. The molecule has 1 amide bonds. The zero-order valence-corrected chi connectivity index (χ0v) is 11.5. The molecule has 0 aliphatic rings. The van der Waals surface area contributed by atoms with Crippen LogP contribution in [0.4, 0.5) is 10.3 Å². The van der Waals surface area contributed by atoms with Gasteiger partial charge in [-0.1, -0.05) is 17.7 Å². The average molecular weight is 308 g/mol. The van der Waals surface area contributed by atoms with Gasteiger partial charge in [0.15, 0.2) is 0 Å². The number of nitrogens with one attached hydrogen (secondary N) is 1. The lowest BCUT2D eigenvalue weighted by atomic mass is 10.2. The van der Waals surface area contributed by atoms with E-state index in [4.69, 9.17) is 11.6 Å². The Labute approximate surface area is 122 Å². The molecule has 2 aromatic heterocycles. The average Bonchev–Trinajstić information content (AvgIpc) is 2.81. The summed E-state index contributed by atoms with van der Waals surface area (Å²) in [6.07, 6.45) is 1.45. The summed E-state index contributed by atoms with van der Waals surface area (Å²) >= 11 is 6.92. The van der Waals surface area contributed by atoms with E-state index in [-0.39, 0.29) is 22.8 Å². The van der Waals surface area contributed by atoms with Crippen molar-refractivity contribution in [1.82, 2.24) is 9.97 Å². The highest BCUT2D eigenvalue weighted by atomic mass is 35.5. The van der Waals surface area contributed by atoms with Crippen LogP contribution in [0.1, 0.15) is 9.67 Å². The van der Waals surface area contributed by atoms with Gasteiger partial charge in [0, 0.05) is 10.9 Å². The van der Waals surface area contributed by atoms with Gasteiger partial charge in [0.2, 0.25) is 5.95 Å². The predicted octanol–water partition coefficient (Wildman–Crippen LogP) is 3.74. The van der Waals surface area contributed by atoms with Crippen LogP contribution in [-0.2, 0) is 0 Å². The van der Waals surface area contributed by atoms with Crippen LogP contribution in [0.2, 0.25) is 5.15 Å². The molecule has 0 saturated carbocycles. The number of amides is 1. The zero-order valence-electron chi connectivity index (χ0n) is 9.93. The van der Waals surface area contributed by atoms with E-state index < -0.39 is 0 Å². The first-order valence-corrected chi connectivity index (χ1v) is 6.80. The highest BCUT2D eigenvalue weighted by molar-refractivity contribution is 7.20. The molecule has 0 aliphatic carbocycles. The Morgan fingerprint density at radius 3 is 2.95 bits per heavy atom. The number of benzene rings is 1. The number of anilines is 1. The molecule has 0 bridgehead atoms. The van der Waals surface area contributed by atoms with Crippen molar-refractivity contribution in [2.75, 3.05) is 5.32 Å².